The monoisotopic (exact) mass is 430 g/mol. The third kappa shape index (κ3) is 4.66. The lowest BCUT2D eigenvalue weighted by atomic mass is 9.92. The van der Waals surface area contributed by atoms with Crippen molar-refractivity contribution in [2.75, 3.05) is 56.5 Å². The Morgan fingerprint density at radius 1 is 1.03 bits per heavy atom. The van der Waals surface area contributed by atoms with Gasteiger partial charge in [0.05, 0.1) is 0 Å². The van der Waals surface area contributed by atoms with E-state index in [-0.39, 0.29) is 6.10 Å². The van der Waals surface area contributed by atoms with Gasteiger partial charge in [-0.15, -0.1) is 0 Å². The normalized spacial score (nSPS) is 18.1. The molecular formula is C24H31BN6O. The number of hydrogen-bond donors (Lipinski definition) is 2. The van der Waals surface area contributed by atoms with Gasteiger partial charge in [0.15, 0.2) is 0 Å². The van der Waals surface area contributed by atoms with Crippen LogP contribution >= 0.6 is 0 Å². The quantitative estimate of drug-likeness (QED) is 0.595. The Balaban J connectivity index is 1.34. The number of anilines is 3. The fraction of sp³-hybridized carbons (Fsp3) is 0.417. The van der Waals surface area contributed by atoms with Crippen LogP contribution in [-0.4, -0.2) is 75.1 Å². The molecule has 1 aromatic heterocycles. The van der Waals surface area contributed by atoms with E-state index in [9.17, 15) is 0 Å². The number of rotatable bonds is 5. The topological polar surface area (TPSA) is 65.6 Å². The third-order valence-electron chi connectivity index (χ3n) is 6.50. The second-order valence-corrected chi connectivity index (χ2v) is 8.87. The molecule has 2 fully saturated rings. The molecule has 0 atom stereocenters. The second kappa shape index (κ2) is 9.34. The fourth-order valence-electron chi connectivity index (χ4n) is 4.43. The number of benzene rings is 2. The van der Waals surface area contributed by atoms with Crippen LogP contribution in [0.15, 0.2) is 42.6 Å². The van der Waals surface area contributed by atoms with Crippen LogP contribution in [0.4, 0.5) is 17.3 Å². The minimum Gasteiger partial charge on any atom is -0.488 e. The Morgan fingerprint density at radius 2 is 1.78 bits per heavy atom. The number of likely N-dealkylation sites (N-methyl/N-ethyl adjacent to an activating group) is 1. The maximum absolute atomic E-state index is 6.35. The highest BCUT2D eigenvalue weighted by Crippen LogP contribution is 2.27. The summed E-state index contributed by atoms with van der Waals surface area (Å²) in [6, 6.07) is 12.7. The summed E-state index contributed by atoms with van der Waals surface area (Å²) >= 11 is 0. The molecule has 0 aliphatic carbocycles. The minimum atomic E-state index is 0.232. The van der Waals surface area contributed by atoms with Crippen LogP contribution in [0.1, 0.15) is 12.8 Å². The largest absolute Gasteiger partial charge is 0.488 e. The second-order valence-electron chi connectivity index (χ2n) is 8.87. The summed E-state index contributed by atoms with van der Waals surface area (Å²) in [5.74, 6) is 1.43. The van der Waals surface area contributed by atoms with Crippen molar-refractivity contribution in [3.8, 4) is 5.75 Å². The van der Waals surface area contributed by atoms with Crippen molar-refractivity contribution in [2.24, 2.45) is 0 Å². The molecule has 0 radical (unpaired) electrons. The molecule has 2 N–H and O–H groups in total. The number of aromatic nitrogens is 2. The van der Waals surface area contributed by atoms with Gasteiger partial charge in [-0.25, -0.2) is 9.97 Å². The predicted molar refractivity (Wildman–Crippen MR) is 134 cm³/mol. The molecule has 0 bridgehead atoms. The van der Waals surface area contributed by atoms with E-state index in [0.717, 1.165) is 79.9 Å². The molecule has 2 saturated heterocycles. The summed E-state index contributed by atoms with van der Waals surface area (Å²) in [6.07, 6.45) is 4.17. The summed E-state index contributed by atoms with van der Waals surface area (Å²) < 4.78 is 6.35. The highest BCUT2D eigenvalue weighted by Gasteiger charge is 2.18. The number of nitrogens with one attached hydrogen (secondary N) is 2. The number of piperidine rings is 1. The highest BCUT2D eigenvalue weighted by molar-refractivity contribution is 6.38. The van der Waals surface area contributed by atoms with Crippen molar-refractivity contribution in [1.82, 2.24) is 20.2 Å². The fourth-order valence-corrected chi connectivity index (χ4v) is 4.43. The Labute approximate surface area is 190 Å². The number of piperazine rings is 1. The zero-order valence-electron chi connectivity index (χ0n) is 19.0. The van der Waals surface area contributed by atoms with Crippen LogP contribution < -0.4 is 25.7 Å². The average Bonchev–Trinajstić information content (AvgIpc) is 2.83. The van der Waals surface area contributed by atoms with Crippen molar-refractivity contribution >= 4 is 41.5 Å². The van der Waals surface area contributed by atoms with E-state index < -0.39 is 0 Å². The Kier molecular flexibility index (Phi) is 6.14. The summed E-state index contributed by atoms with van der Waals surface area (Å²) in [4.78, 5) is 14.2. The standard InChI is InChI=1S/C24H31BN6O/c1-30-12-14-31(15-13-30)18-4-2-17(3-5-18)28-24-27-16-20-21(25)6-7-22(23(20)29-24)32-19-8-10-26-11-9-19/h2-7,16,19,26H,8-15,25H2,1H3,(H,27,28,29). The molecular weight excluding hydrogens is 399 g/mol. The SMILES string of the molecule is Bc1ccc(OC2CCNCC2)c2nc(Nc3ccc(N4CCN(C)CC4)cc3)ncc12. The van der Waals surface area contributed by atoms with Gasteiger partial charge in [-0.1, -0.05) is 11.5 Å². The first-order valence-corrected chi connectivity index (χ1v) is 11.6. The average molecular weight is 430 g/mol. The van der Waals surface area contributed by atoms with E-state index in [0.29, 0.717) is 5.95 Å². The predicted octanol–water partition coefficient (Wildman–Crippen LogP) is 1.51. The van der Waals surface area contributed by atoms with Crippen molar-refractivity contribution in [3.63, 3.8) is 0 Å². The number of nitrogens with zero attached hydrogens (tertiary/aromatic N) is 4. The van der Waals surface area contributed by atoms with Gasteiger partial charge in [-0.3, -0.25) is 0 Å². The minimum absolute atomic E-state index is 0.232. The number of fused-ring (bicyclic) bond motifs is 1. The Morgan fingerprint density at radius 3 is 2.53 bits per heavy atom. The van der Waals surface area contributed by atoms with Crippen LogP contribution in [0.2, 0.25) is 0 Å². The summed E-state index contributed by atoms with van der Waals surface area (Å²) in [7, 11) is 4.27. The van der Waals surface area contributed by atoms with Gasteiger partial charge in [-0.2, -0.15) is 0 Å². The lowest BCUT2D eigenvalue weighted by molar-refractivity contribution is 0.164. The Hall–Kier alpha value is -2.84. The maximum Gasteiger partial charge on any atom is 0.227 e. The van der Waals surface area contributed by atoms with Crippen LogP contribution in [-0.2, 0) is 0 Å². The Bertz CT molecular complexity index is 1060. The van der Waals surface area contributed by atoms with Crippen molar-refractivity contribution in [1.29, 1.82) is 0 Å². The van der Waals surface area contributed by atoms with Crippen molar-refractivity contribution in [2.45, 2.75) is 18.9 Å². The lowest BCUT2D eigenvalue weighted by Crippen LogP contribution is -2.44. The molecule has 0 spiro atoms. The first kappa shape index (κ1) is 21.0. The molecule has 2 aliphatic rings. The first-order valence-electron chi connectivity index (χ1n) is 11.6. The summed E-state index contributed by atoms with van der Waals surface area (Å²) in [5, 5.41) is 7.79. The summed E-state index contributed by atoms with van der Waals surface area (Å²) in [6.45, 7) is 6.34. The molecule has 3 aromatic rings. The molecule has 166 valence electrons. The molecule has 0 amide bonds. The molecule has 5 rings (SSSR count). The zero-order chi connectivity index (χ0) is 21.9. The van der Waals surface area contributed by atoms with Crippen molar-refractivity contribution < 1.29 is 4.74 Å². The van der Waals surface area contributed by atoms with Gasteiger partial charge in [0.2, 0.25) is 5.95 Å². The molecule has 3 heterocycles. The van der Waals surface area contributed by atoms with E-state index in [1.165, 1.54) is 5.69 Å². The highest BCUT2D eigenvalue weighted by atomic mass is 16.5. The molecule has 7 nitrogen and oxygen atoms in total. The van der Waals surface area contributed by atoms with E-state index in [4.69, 9.17) is 9.72 Å². The summed E-state index contributed by atoms with van der Waals surface area (Å²) in [5.41, 5.74) is 4.27. The van der Waals surface area contributed by atoms with Crippen LogP contribution in [0.25, 0.3) is 10.9 Å². The van der Waals surface area contributed by atoms with Gasteiger partial charge < -0.3 is 25.2 Å². The first-order chi connectivity index (χ1) is 15.7. The molecule has 32 heavy (non-hydrogen) atoms. The van der Waals surface area contributed by atoms with E-state index in [1.54, 1.807) is 0 Å². The third-order valence-corrected chi connectivity index (χ3v) is 6.50. The molecule has 2 aromatic carbocycles. The maximum atomic E-state index is 6.35. The van der Waals surface area contributed by atoms with Gasteiger partial charge in [0.1, 0.15) is 25.2 Å². The van der Waals surface area contributed by atoms with Gasteiger partial charge in [-0.05, 0) is 63.3 Å². The van der Waals surface area contributed by atoms with E-state index in [2.05, 4.69) is 70.6 Å². The lowest BCUT2D eigenvalue weighted by Gasteiger charge is -2.34. The van der Waals surface area contributed by atoms with Crippen LogP contribution in [0.5, 0.6) is 5.75 Å². The van der Waals surface area contributed by atoms with Crippen LogP contribution in [0, 0.1) is 0 Å². The molecule has 2 aliphatic heterocycles. The zero-order valence-corrected chi connectivity index (χ0v) is 19.0. The smallest absolute Gasteiger partial charge is 0.227 e. The van der Waals surface area contributed by atoms with Gasteiger partial charge in [0, 0.05) is 49.1 Å². The van der Waals surface area contributed by atoms with Crippen molar-refractivity contribution in [3.05, 3.63) is 42.6 Å². The van der Waals surface area contributed by atoms with Crippen LogP contribution in [0.3, 0.4) is 0 Å². The van der Waals surface area contributed by atoms with E-state index in [1.807, 2.05) is 12.3 Å². The molecule has 0 unspecified atom stereocenters. The van der Waals surface area contributed by atoms with Gasteiger partial charge in [0.25, 0.3) is 0 Å². The number of hydrogen-bond acceptors (Lipinski definition) is 7. The molecule has 8 heteroatoms. The van der Waals surface area contributed by atoms with E-state index >= 15 is 0 Å². The van der Waals surface area contributed by atoms with Gasteiger partial charge >= 0.3 is 0 Å². The molecule has 0 saturated carbocycles. The number of ether oxygens (including phenoxy) is 1.